The van der Waals surface area contributed by atoms with Crippen molar-refractivity contribution in [1.29, 1.82) is 5.26 Å². The molecule has 1 N–H and O–H groups in total. The Labute approximate surface area is 136 Å². The predicted molar refractivity (Wildman–Crippen MR) is 86.8 cm³/mol. The van der Waals surface area contributed by atoms with Crippen molar-refractivity contribution in [2.45, 2.75) is 45.1 Å². The van der Waals surface area contributed by atoms with Gasteiger partial charge in [0.1, 0.15) is 0 Å². The van der Waals surface area contributed by atoms with Crippen LogP contribution < -0.4 is 5.32 Å². The van der Waals surface area contributed by atoms with Crippen molar-refractivity contribution in [3.63, 3.8) is 0 Å². The number of ether oxygens (including phenoxy) is 1. The van der Waals surface area contributed by atoms with E-state index in [9.17, 15) is 9.59 Å². The molecule has 1 aromatic carbocycles. The van der Waals surface area contributed by atoms with Gasteiger partial charge in [0, 0.05) is 18.7 Å². The Hall–Kier alpha value is -2.19. The maximum Gasteiger partial charge on any atom is 0.249 e. The topological polar surface area (TPSA) is 79.2 Å². The van der Waals surface area contributed by atoms with Crippen LogP contribution >= 0.6 is 0 Å². The number of ketones is 1. The molecule has 0 radical (unpaired) electrons. The van der Waals surface area contributed by atoms with Crippen LogP contribution in [0, 0.1) is 17.2 Å². The normalized spacial score (nSPS) is 18.2. The summed E-state index contributed by atoms with van der Waals surface area (Å²) in [7, 11) is 0. The smallest absolute Gasteiger partial charge is 0.249 e. The van der Waals surface area contributed by atoms with E-state index in [0.29, 0.717) is 12.1 Å². The van der Waals surface area contributed by atoms with Crippen molar-refractivity contribution in [3.8, 4) is 6.07 Å². The van der Waals surface area contributed by atoms with Crippen molar-refractivity contribution in [2.24, 2.45) is 5.92 Å². The van der Waals surface area contributed by atoms with Gasteiger partial charge in [0.25, 0.3) is 0 Å². The molecule has 1 aliphatic rings. The fraction of sp³-hybridized carbons (Fsp3) is 0.500. The van der Waals surface area contributed by atoms with E-state index in [-0.39, 0.29) is 18.3 Å². The summed E-state index contributed by atoms with van der Waals surface area (Å²) in [6.07, 6.45) is 3.73. The van der Waals surface area contributed by atoms with Crippen LogP contribution in [0.2, 0.25) is 0 Å². The molecule has 2 rings (SSSR count). The second-order valence-electron chi connectivity index (χ2n) is 5.74. The molecule has 0 saturated carbocycles. The Bertz CT molecular complexity index is 583. The van der Waals surface area contributed by atoms with Crippen LogP contribution in [0.4, 0.5) is 5.69 Å². The second-order valence-corrected chi connectivity index (χ2v) is 5.74. The number of amides is 1. The Morgan fingerprint density at radius 1 is 1.39 bits per heavy atom. The summed E-state index contributed by atoms with van der Waals surface area (Å²) in [5.41, 5.74) is 1.76. The highest BCUT2D eigenvalue weighted by Crippen LogP contribution is 2.19. The van der Waals surface area contributed by atoms with Gasteiger partial charge in [0.15, 0.2) is 11.7 Å². The van der Waals surface area contributed by atoms with Crippen LogP contribution in [0.15, 0.2) is 24.3 Å². The first-order chi connectivity index (χ1) is 11.1. The molecule has 2 atom stereocenters. The number of nitrogens with zero attached hydrogens (tertiary/aromatic N) is 1. The van der Waals surface area contributed by atoms with Crippen LogP contribution in [0.1, 0.15) is 38.2 Å². The van der Waals surface area contributed by atoms with Crippen molar-refractivity contribution in [1.82, 2.24) is 0 Å². The molecule has 0 aromatic heterocycles. The van der Waals surface area contributed by atoms with Crippen LogP contribution in [0.5, 0.6) is 0 Å². The summed E-state index contributed by atoms with van der Waals surface area (Å²) >= 11 is 0. The number of carbonyl (C=O) groups is 2. The number of carbonyl (C=O) groups excluding carboxylic acids is 2. The van der Waals surface area contributed by atoms with E-state index >= 15 is 0 Å². The molecule has 2 unspecified atom stereocenters. The zero-order valence-corrected chi connectivity index (χ0v) is 13.4. The molecule has 23 heavy (non-hydrogen) atoms. The molecule has 5 nitrogen and oxygen atoms in total. The summed E-state index contributed by atoms with van der Waals surface area (Å²) < 4.78 is 5.46. The van der Waals surface area contributed by atoms with Gasteiger partial charge in [0.2, 0.25) is 5.91 Å². The SMILES string of the molecule is CCc1ccc(NC(=O)C(C#N)C(=O)CCC2CCCO2)cc1. The van der Waals surface area contributed by atoms with E-state index in [2.05, 4.69) is 5.32 Å². The summed E-state index contributed by atoms with van der Waals surface area (Å²) in [4.78, 5) is 24.3. The van der Waals surface area contributed by atoms with E-state index in [1.54, 1.807) is 12.1 Å². The van der Waals surface area contributed by atoms with Crippen LogP contribution in [-0.4, -0.2) is 24.4 Å². The van der Waals surface area contributed by atoms with E-state index in [1.807, 2.05) is 25.1 Å². The summed E-state index contributed by atoms with van der Waals surface area (Å²) in [5.74, 6) is -2.16. The molecule has 1 amide bonds. The second kappa shape index (κ2) is 8.44. The summed E-state index contributed by atoms with van der Waals surface area (Å²) in [6, 6.07) is 9.20. The van der Waals surface area contributed by atoms with Crippen molar-refractivity contribution in [2.75, 3.05) is 11.9 Å². The minimum absolute atomic E-state index is 0.0861. The van der Waals surface area contributed by atoms with Gasteiger partial charge in [0.05, 0.1) is 12.2 Å². The average molecular weight is 314 g/mol. The minimum atomic E-state index is -1.26. The standard InChI is InChI=1S/C18H22N2O3/c1-2-13-5-7-14(8-6-13)20-18(22)16(12-19)17(21)10-9-15-4-3-11-23-15/h5-8,15-16H,2-4,9-11H2,1H3,(H,20,22). The van der Waals surface area contributed by atoms with E-state index < -0.39 is 11.8 Å². The van der Waals surface area contributed by atoms with E-state index in [4.69, 9.17) is 10.00 Å². The fourth-order valence-corrected chi connectivity index (χ4v) is 2.63. The molecule has 1 aliphatic heterocycles. The lowest BCUT2D eigenvalue weighted by Gasteiger charge is -2.12. The third-order valence-electron chi connectivity index (χ3n) is 4.08. The zero-order valence-electron chi connectivity index (χ0n) is 13.4. The number of anilines is 1. The molecule has 122 valence electrons. The van der Waals surface area contributed by atoms with Crippen molar-refractivity contribution in [3.05, 3.63) is 29.8 Å². The van der Waals surface area contributed by atoms with Crippen LogP contribution in [-0.2, 0) is 20.7 Å². The number of aryl methyl sites for hydroxylation is 1. The van der Waals surface area contributed by atoms with E-state index in [1.165, 1.54) is 0 Å². The Kier molecular flexibility index (Phi) is 6.30. The third-order valence-corrected chi connectivity index (χ3v) is 4.08. The first-order valence-corrected chi connectivity index (χ1v) is 8.07. The number of benzene rings is 1. The number of hydrogen-bond donors (Lipinski definition) is 1. The molecule has 0 spiro atoms. The van der Waals surface area contributed by atoms with Gasteiger partial charge >= 0.3 is 0 Å². The lowest BCUT2D eigenvalue weighted by atomic mass is 9.98. The maximum atomic E-state index is 12.2. The lowest BCUT2D eigenvalue weighted by Crippen LogP contribution is -2.29. The average Bonchev–Trinajstić information content (AvgIpc) is 3.08. The van der Waals surface area contributed by atoms with Crippen LogP contribution in [0.3, 0.4) is 0 Å². The minimum Gasteiger partial charge on any atom is -0.378 e. The van der Waals surface area contributed by atoms with Gasteiger partial charge in [-0.1, -0.05) is 19.1 Å². The first-order valence-electron chi connectivity index (χ1n) is 8.07. The lowest BCUT2D eigenvalue weighted by molar-refractivity contribution is -0.129. The Morgan fingerprint density at radius 3 is 2.70 bits per heavy atom. The third kappa shape index (κ3) is 4.90. The van der Waals surface area contributed by atoms with Gasteiger partial charge in [-0.25, -0.2) is 0 Å². The molecule has 1 aromatic rings. The molecule has 0 bridgehead atoms. The monoisotopic (exact) mass is 314 g/mol. The number of hydrogen-bond acceptors (Lipinski definition) is 4. The summed E-state index contributed by atoms with van der Waals surface area (Å²) in [6.45, 7) is 2.78. The first kappa shape index (κ1) is 17.2. The largest absolute Gasteiger partial charge is 0.378 e. The summed E-state index contributed by atoms with van der Waals surface area (Å²) in [5, 5.41) is 11.8. The highest BCUT2D eigenvalue weighted by atomic mass is 16.5. The number of Topliss-reactive ketones (excluding diaryl/α,β-unsaturated/α-hetero) is 1. The highest BCUT2D eigenvalue weighted by Gasteiger charge is 2.27. The number of nitriles is 1. The zero-order chi connectivity index (χ0) is 16.7. The molecular weight excluding hydrogens is 292 g/mol. The van der Waals surface area contributed by atoms with Crippen molar-refractivity contribution < 1.29 is 14.3 Å². The van der Waals surface area contributed by atoms with Gasteiger partial charge < -0.3 is 10.1 Å². The predicted octanol–water partition coefficient (Wildman–Crippen LogP) is 2.86. The van der Waals surface area contributed by atoms with Gasteiger partial charge in [-0.3, -0.25) is 9.59 Å². The molecule has 1 heterocycles. The number of nitrogens with one attached hydrogen (secondary N) is 1. The molecular formula is C18H22N2O3. The maximum absolute atomic E-state index is 12.2. The van der Waals surface area contributed by atoms with Gasteiger partial charge in [-0.2, -0.15) is 5.26 Å². The molecule has 1 saturated heterocycles. The molecule has 0 aliphatic carbocycles. The molecule has 1 fully saturated rings. The van der Waals surface area contributed by atoms with Crippen molar-refractivity contribution >= 4 is 17.4 Å². The number of rotatable bonds is 7. The van der Waals surface area contributed by atoms with Gasteiger partial charge in [-0.05, 0) is 43.4 Å². The van der Waals surface area contributed by atoms with E-state index in [0.717, 1.165) is 31.4 Å². The quantitative estimate of drug-likeness (QED) is 0.785. The van der Waals surface area contributed by atoms with Gasteiger partial charge in [-0.15, -0.1) is 0 Å². The Morgan fingerprint density at radius 2 is 2.13 bits per heavy atom. The Balaban J connectivity index is 1.88. The van der Waals surface area contributed by atoms with Crippen LogP contribution in [0.25, 0.3) is 0 Å². The fourth-order valence-electron chi connectivity index (χ4n) is 2.63. The molecule has 5 heteroatoms. The highest BCUT2D eigenvalue weighted by molar-refractivity contribution is 6.09.